The molecule has 3 rings (SSSR count). The number of carbonyl (C=O) groups excluding carboxylic acids is 2. The lowest BCUT2D eigenvalue weighted by Gasteiger charge is -2.29. The molecule has 1 fully saturated rings. The summed E-state index contributed by atoms with van der Waals surface area (Å²) in [5, 5.41) is 6.49. The van der Waals surface area contributed by atoms with Crippen molar-refractivity contribution in [3.05, 3.63) is 47.2 Å². The summed E-state index contributed by atoms with van der Waals surface area (Å²) in [7, 11) is 0. The van der Waals surface area contributed by atoms with Crippen LogP contribution in [-0.2, 0) is 4.79 Å². The molecule has 0 unspecified atom stereocenters. The van der Waals surface area contributed by atoms with Crippen LogP contribution in [0.2, 0.25) is 0 Å². The summed E-state index contributed by atoms with van der Waals surface area (Å²) in [5.41, 5.74) is 1.71. The Morgan fingerprint density at radius 1 is 1.15 bits per heavy atom. The highest BCUT2D eigenvalue weighted by atomic mass is 16.5. The number of hydrogen-bond acceptors (Lipinski definition) is 4. The van der Waals surface area contributed by atoms with Gasteiger partial charge in [0.1, 0.15) is 12.3 Å². The van der Waals surface area contributed by atoms with E-state index in [-0.39, 0.29) is 18.4 Å². The molecule has 0 atom stereocenters. The van der Waals surface area contributed by atoms with E-state index >= 15 is 0 Å². The van der Waals surface area contributed by atoms with Crippen LogP contribution in [0.5, 0.6) is 0 Å². The Bertz CT molecular complexity index is 776. The molecule has 6 heteroatoms. The molecule has 1 aliphatic rings. The highest BCUT2D eigenvalue weighted by Gasteiger charge is 2.24. The van der Waals surface area contributed by atoms with Gasteiger partial charge in [-0.05, 0) is 44.7 Å². The van der Waals surface area contributed by atoms with Crippen LogP contribution in [0.4, 0.5) is 5.82 Å². The van der Waals surface area contributed by atoms with E-state index < -0.39 is 0 Å². The third-order valence-corrected chi connectivity index (χ3v) is 5.02. The zero-order valence-electron chi connectivity index (χ0n) is 16.0. The summed E-state index contributed by atoms with van der Waals surface area (Å²) in [6.45, 7) is 4.37. The summed E-state index contributed by atoms with van der Waals surface area (Å²) in [5.74, 6) is 1.08. The quantitative estimate of drug-likeness (QED) is 0.836. The number of nitrogens with zero attached hydrogens (tertiary/aromatic N) is 2. The molecule has 1 N–H and O–H groups in total. The molecule has 2 aromatic rings. The number of carbonyl (C=O) groups is 2. The topological polar surface area (TPSA) is 75.4 Å². The van der Waals surface area contributed by atoms with Crippen molar-refractivity contribution in [1.82, 2.24) is 10.1 Å². The van der Waals surface area contributed by atoms with Crippen molar-refractivity contribution in [1.29, 1.82) is 0 Å². The first-order chi connectivity index (χ1) is 13.0. The molecule has 0 spiro atoms. The van der Waals surface area contributed by atoms with Crippen molar-refractivity contribution in [3.63, 3.8) is 0 Å². The monoisotopic (exact) mass is 369 g/mol. The molecule has 0 aliphatic heterocycles. The second-order valence-electron chi connectivity index (χ2n) is 7.43. The van der Waals surface area contributed by atoms with Crippen LogP contribution >= 0.6 is 0 Å². The van der Waals surface area contributed by atoms with Crippen LogP contribution in [0.25, 0.3) is 0 Å². The molecular formula is C21H27N3O3. The fourth-order valence-electron chi connectivity index (χ4n) is 3.56. The minimum atomic E-state index is -0.264. The van der Waals surface area contributed by atoms with Crippen LogP contribution in [0.15, 0.2) is 34.9 Å². The number of rotatable bonds is 6. The Morgan fingerprint density at radius 3 is 2.48 bits per heavy atom. The highest BCUT2D eigenvalue weighted by Crippen LogP contribution is 2.25. The van der Waals surface area contributed by atoms with E-state index in [1.807, 2.05) is 31.2 Å². The van der Waals surface area contributed by atoms with Gasteiger partial charge in [-0.2, -0.15) is 0 Å². The molecule has 1 aliphatic carbocycles. The lowest BCUT2D eigenvalue weighted by molar-refractivity contribution is -0.117. The molecular weight excluding hydrogens is 342 g/mol. The third kappa shape index (κ3) is 5.42. The first-order valence-corrected chi connectivity index (χ1v) is 9.60. The Kier molecular flexibility index (Phi) is 6.27. The first kappa shape index (κ1) is 19.1. The number of benzene rings is 1. The van der Waals surface area contributed by atoms with Crippen molar-refractivity contribution >= 4 is 17.6 Å². The summed E-state index contributed by atoms with van der Waals surface area (Å²) in [6, 6.07) is 9.15. The molecule has 0 saturated heterocycles. The molecule has 1 aromatic carbocycles. The lowest BCUT2D eigenvalue weighted by Crippen LogP contribution is -2.41. The number of hydrogen-bond donors (Lipinski definition) is 1. The van der Waals surface area contributed by atoms with Crippen molar-refractivity contribution in [2.75, 3.05) is 18.4 Å². The molecule has 0 radical (unpaired) electrons. The van der Waals surface area contributed by atoms with Gasteiger partial charge in [-0.1, -0.05) is 42.1 Å². The number of amides is 2. The molecule has 144 valence electrons. The summed E-state index contributed by atoms with van der Waals surface area (Å²) in [4.78, 5) is 27.2. The van der Waals surface area contributed by atoms with E-state index in [0.29, 0.717) is 29.6 Å². The molecule has 6 nitrogen and oxygen atoms in total. The van der Waals surface area contributed by atoms with Gasteiger partial charge < -0.3 is 14.7 Å². The Labute approximate surface area is 159 Å². The molecule has 0 bridgehead atoms. The average Bonchev–Trinajstić information content (AvgIpc) is 3.06. The van der Waals surface area contributed by atoms with Gasteiger partial charge >= 0.3 is 0 Å². The van der Waals surface area contributed by atoms with Crippen molar-refractivity contribution < 1.29 is 14.1 Å². The van der Waals surface area contributed by atoms with Gasteiger partial charge in [0.15, 0.2) is 5.82 Å². The van der Waals surface area contributed by atoms with E-state index in [4.69, 9.17) is 4.52 Å². The predicted molar refractivity (Wildman–Crippen MR) is 104 cm³/mol. The van der Waals surface area contributed by atoms with Crippen molar-refractivity contribution in [2.24, 2.45) is 5.92 Å². The van der Waals surface area contributed by atoms with E-state index in [1.54, 1.807) is 17.9 Å². The van der Waals surface area contributed by atoms with Gasteiger partial charge in [-0.25, -0.2) is 0 Å². The van der Waals surface area contributed by atoms with E-state index in [0.717, 1.165) is 18.4 Å². The van der Waals surface area contributed by atoms with Gasteiger partial charge in [0.25, 0.3) is 5.91 Å². The predicted octanol–water partition coefficient (Wildman–Crippen LogP) is 3.95. The van der Waals surface area contributed by atoms with Crippen LogP contribution in [0.3, 0.4) is 0 Å². The normalized spacial score (nSPS) is 14.7. The van der Waals surface area contributed by atoms with Crippen molar-refractivity contribution in [2.45, 2.75) is 46.0 Å². The second-order valence-corrected chi connectivity index (χ2v) is 7.43. The number of aromatic nitrogens is 1. The SMILES string of the molecule is Cc1ccc(C(=O)N(CC(=O)Nc2cc(C)on2)CC2CCCCC2)cc1. The maximum Gasteiger partial charge on any atom is 0.254 e. The average molecular weight is 369 g/mol. The Hall–Kier alpha value is -2.63. The highest BCUT2D eigenvalue weighted by molar-refractivity contribution is 5.99. The van der Waals surface area contributed by atoms with Gasteiger partial charge in [-0.15, -0.1) is 0 Å². The van der Waals surface area contributed by atoms with E-state index in [1.165, 1.54) is 19.3 Å². The smallest absolute Gasteiger partial charge is 0.254 e. The Balaban J connectivity index is 1.70. The van der Waals surface area contributed by atoms with E-state index in [2.05, 4.69) is 10.5 Å². The van der Waals surface area contributed by atoms with Gasteiger partial charge in [0, 0.05) is 18.2 Å². The third-order valence-electron chi connectivity index (χ3n) is 5.02. The van der Waals surface area contributed by atoms with Crippen LogP contribution in [0, 0.1) is 19.8 Å². The summed E-state index contributed by atoms with van der Waals surface area (Å²) >= 11 is 0. The number of aryl methyl sites for hydroxylation is 2. The van der Waals surface area contributed by atoms with Gasteiger partial charge in [0.2, 0.25) is 5.91 Å². The molecule has 1 heterocycles. The van der Waals surface area contributed by atoms with Crippen LogP contribution < -0.4 is 5.32 Å². The molecule has 1 saturated carbocycles. The Morgan fingerprint density at radius 2 is 1.85 bits per heavy atom. The van der Waals surface area contributed by atoms with Crippen molar-refractivity contribution in [3.8, 4) is 0 Å². The zero-order valence-corrected chi connectivity index (χ0v) is 16.0. The molecule has 1 aromatic heterocycles. The summed E-state index contributed by atoms with van der Waals surface area (Å²) in [6.07, 6.45) is 5.88. The largest absolute Gasteiger partial charge is 0.360 e. The maximum atomic E-state index is 13.0. The fraction of sp³-hybridized carbons (Fsp3) is 0.476. The molecule has 2 amide bonds. The number of nitrogens with one attached hydrogen (secondary N) is 1. The maximum absolute atomic E-state index is 13.0. The van der Waals surface area contributed by atoms with E-state index in [9.17, 15) is 9.59 Å². The fourth-order valence-corrected chi connectivity index (χ4v) is 3.56. The van der Waals surface area contributed by atoms with Crippen LogP contribution in [-0.4, -0.2) is 35.0 Å². The first-order valence-electron chi connectivity index (χ1n) is 9.60. The van der Waals surface area contributed by atoms with Gasteiger partial charge in [0.05, 0.1) is 0 Å². The zero-order chi connectivity index (χ0) is 19.2. The minimum absolute atomic E-state index is 0.00905. The lowest BCUT2D eigenvalue weighted by atomic mass is 9.89. The molecule has 27 heavy (non-hydrogen) atoms. The van der Waals surface area contributed by atoms with Gasteiger partial charge in [-0.3, -0.25) is 9.59 Å². The number of anilines is 1. The van der Waals surface area contributed by atoms with Crippen LogP contribution in [0.1, 0.15) is 53.8 Å². The minimum Gasteiger partial charge on any atom is -0.360 e. The second kappa shape index (κ2) is 8.84. The summed E-state index contributed by atoms with van der Waals surface area (Å²) < 4.78 is 4.97. The standard InChI is InChI=1S/C21H27N3O3/c1-15-8-10-18(11-9-15)21(26)24(13-17-6-4-3-5-7-17)14-20(25)22-19-12-16(2)27-23-19/h8-12,17H,3-7,13-14H2,1-2H3,(H,22,23,25).